The average Bonchev–Trinajstić information content (AvgIpc) is 3.14. The van der Waals surface area contributed by atoms with Gasteiger partial charge in [-0.2, -0.15) is 0 Å². The number of alkyl carbamates (subject to hydrolysis) is 1. The first-order valence-electron chi connectivity index (χ1n) is 12.5. The molecule has 9 nitrogen and oxygen atoms in total. The van der Waals surface area contributed by atoms with E-state index in [0.717, 1.165) is 18.4 Å². The van der Waals surface area contributed by atoms with Gasteiger partial charge in [0.2, 0.25) is 0 Å². The molecule has 0 aromatic heterocycles. The highest BCUT2D eigenvalue weighted by atomic mass is 16.6. The van der Waals surface area contributed by atoms with Crippen LogP contribution in [0.2, 0.25) is 0 Å². The summed E-state index contributed by atoms with van der Waals surface area (Å²) in [5.74, 6) is -0.338. The van der Waals surface area contributed by atoms with Gasteiger partial charge >= 0.3 is 12.1 Å². The molecule has 0 saturated carbocycles. The van der Waals surface area contributed by atoms with Crippen LogP contribution in [0.5, 0.6) is 5.75 Å². The second-order valence-electron chi connectivity index (χ2n) is 9.07. The van der Waals surface area contributed by atoms with Gasteiger partial charge < -0.3 is 19.5 Å². The van der Waals surface area contributed by atoms with Crippen molar-refractivity contribution in [1.29, 1.82) is 0 Å². The van der Waals surface area contributed by atoms with Crippen LogP contribution in [0, 0.1) is 0 Å². The summed E-state index contributed by atoms with van der Waals surface area (Å²) in [7, 11) is 1.57. The zero-order valence-corrected chi connectivity index (χ0v) is 21.6. The molecule has 2 aromatic carbocycles. The van der Waals surface area contributed by atoms with E-state index in [4.69, 9.17) is 14.2 Å². The fraction of sp³-hybridized carbons (Fsp3) is 0.429. The number of imide groups is 1. The summed E-state index contributed by atoms with van der Waals surface area (Å²) in [6.07, 6.45) is 2.44. The number of methoxy groups -OCH3 is 1. The maximum atomic E-state index is 12.6. The molecule has 1 N–H and O–H groups in total. The van der Waals surface area contributed by atoms with Gasteiger partial charge in [-0.1, -0.05) is 43.5 Å². The lowest BCUT2D eigenvalue weighted by Crippen LogP contribution is -2.53. The van der Waals surface area contributed by atoms with E-state index in [1.165, 1.54) is 4.90 Å². The minimum absolute atomic E-state index is 0.0482. The smallest absolute Gasteiger partial charge is 0.408 e. The fourth-order valence-electron chi connectivity index (χ4n) is 4.18. The Morgan fingerprint density at radius 1 is 0.892 bits per heavy atom. The topological polar surface area (TPSA) is 111 Å². The molecule has 3 amide bonds. The number of esters is 1. The highest BCUT2D eigenvalue weighted by molar-refractivity contribution is 6.21. The van der Waals surface area contributed by atoms with E-state index < -0.39 is 17.6 Å². The Kier molecular flexibility index (Phi) is 9.65. The molecule has 0 spiro atoms. The first-order valence-corrected chi connectivity index (χ1v) is 12.5. The largest absolute Gasteiger partial charge is 0.497 e. The normalized spacial score (nSPS) is 14.1. The fourth-order valence-corrected chi connectivity index (χ4v) is 4.18. The van der Waals surface area contributed by atoms with E-state index in [1.807, 2.05) is 0 Å². The van der Waals surface area contributed by atoms with Crippen molar-refractivity contribution in [2.45, 2.75) is 58.1 Å². The van der Waals surface area contributed by atoms with Crippen LogP contribution in [0.4, 0.5) is 4.79 Å². The summed E-state index contributed by atoms with van der Waals surface area (Å²) in [5.41, 5.74) is 0.437. The third kappa shape index (κ3) is 7.09. The molecule has 198 valence electrons. The van der Waals surface area contributed by atoms with Gasteiger partial charge in [-0.05, 0) is 56.5 Å². The number of rotatable bonds is 13. The van der Waals surface area contributed by atoms with Gasteiger partial charge in [-0.3, -0.25) is 14.5 Å². The Balaban J connectivity index is 1.44. The van der Waals surface area contributed by atoms with E-state index in [1.54, 1.807) is 69.5 Å². The molecule has 0 fully saturated rings. The maximum Gasteiger partial charge on any atom is 0.408 e. The number of unbranched alkanes of at least 4 members (excludes halogenated alkanes) is 3. The minimum atomic E-state index is -1.24. The lowest BCUT2D eigenvalue weighted by atomic mass is 9.94. The highest BCUT2D eigenvalue weighted by Crippen LogP contribution is 2.23. The molecule has 0 aliphatic carbocycles. The number of ether oxygens (including phenoxy) is 3. The van der Waals surface area contributed by atoms with Crippen molar-refractivity contribution in [2.75, 3.05) is 20.3 Å². The molecule has 2 aromatic rings. The number of carbonyl (C=O) groups excluding carboxylic acids is 4. The molecule has 0 saturated heterocycles. The van der Waals surface area contributed by atoms with Gasteiger partial charge in [0.1, 0.15) is 17.9 Å². The molecule has 0 bridgehead atoms. The second kappa shape index (κ2) is 12.9. The van der Waals surface area contributed by atoms with Gasteiger partial charge in [0.25, 0.3) is 11.8 Å². The quantitative estimate of drug-likeness (QED) is 0.240. The number of hydrogen-bond acceptors (Lipinski definition) is 7. The summed E-state index contributed by atoms with van der Waals surface area (Å²) in [4.78, 5) is 51.3. The molecule has 0 unspecified atom stereocenters. The maximum absolute atomic E-state index is 12.6. The predicted octanol–water partition coefficient (Wildman–Crippen LogP) is 4.49. The Bertz CT molecular complexity index is 1080. The van der Waals surface area contributed by atoms with Crippen molar-refractivity contribution in [3.8, 4) is 5.75 Å². The average molecular weight is 511 g/mol. The van der Waals surface area contributed by atoms with Crippen LogP contribution in [0.15, 0.2) is 48.5 Å². The lowest BCUT2D eigenvalue weighted by Gasteiger charge is -2.28. The van der Waals surface area contributed by atoms with Crippen LogP contribution in [-0.4, -0.2) is 54.6 Å². The van der Waals surface area contributed by atoms with E-state index in [2.05, 4.69) is 5.32 Å². The zero-order valence-electron chi connectivity index (χ0n) is 21.6. The monoisotopic (exact) mass is 510 g/mol. The summed E-state index contributed by atoms with van der Waals surface area (Å²) in [5, 5.41) is 2.67. The molecule has 37 heavy (non-hydrogen) atoms. The van der Waals surface area contributed by atoms with Crippen molar-refractivity contribution < 1.29 is 33.4 Å². The van der Waals surface area contributed by atoms with E-state index in [0.29, 0.717) is 42.7 Å². The zero-order chi connectivity index (χ0) is 26.8. The van der Waals surface area contributed by atoms with E-state index in [9.17, 15) is 19.2 Å². The second-order valence-corrected chi connectivity index (χ2v) is 9.07. The van der Waals surface area contributed by atoms with Crippen LogP contribution in [0.1, 0.15) is 72.2 Å². The third-order valence-corrected chi connectivity index (χ3v) is 6.32. The Morgan fingerprint density at radius 3 is 2.11 bits per heavy atom. The van der Waals surface area contributed by atoms with Gasteiger partial charge in [-0.15, -0.1) is 0 Å². The van der Waals surface area contributed by atoms with Crippen molar-refractivity contribution in [1.82, 2.24) is 10.2 Å². The van der Waals surface area contributed by atoms with Crippen molar-refractivity contribution >= 4 is 23.9 Å². The SMILES string of the molecule is CCOC(=O)[C@](C)(CCCCCCN1C(=O)c2ccccc2C1=O)NC(=O)OCc1ccc(OC)cc1. The van der Waals surface area contributed by atoms with Gasteiger partial charge in [0.05, 0.1) is 24.8 Å². The first-order chi connectivity index (χ1) is 17.8. The van der Waals surface area contributed by atoms with Gasteiger partial charge in [0, 0.05) is 6.54 Å². The highest BCUT2D eigenvalue weighted by Gasteiger charge is 2.37. The first kappa shape index (κ1) is 27.7. The molecule has 3 rings (SSSR count). The van der Waals surface area contributed by atoms with Crippen LogP contribution >= 0.6 is 0 Å². The number of amides is 3. The number of carbonyl (C=O) groups is 4. The number of hydrogen-bond donors (Lipinski definition) is 1. The Labute approximate surface area is 217 Å². The number of benzene rings is 2. The molecule has 1 aliphatic rings. The summed E-state index contributed by atoms with van der Waals surface area (Å²) >= 11 is 0. The van der Waals surface area contributed by atoms with Crippen LogP contribution in [-0.2, 0) is 20.9 Å². The Morgan fingerprint density at radius 2 is 1.51 bits per heavy atom. The van der Waals surface area contributed by atoms with Gasteiger partial charge in [-0.25, -0.2) is 9.59 Å². The molecular formula is C28H34N2O7. The van der Waals surface area contributed by atoms with Crippen LogP contribution in [0.25, 0.3) is 0 Å². The van der Waals surface area contributed by atoms with E-state index >= 15 is 0 Å². The number of nitrogens with one attached hydrogen (secondary N) is 1. The molecule has 1 heterocycles. The van der Waals surface area contributed by atoms with Crippen molar-refractivity contribution in [3.63, 3.8) is 0 Å². The number of fused-ring (bicyclic) bond motifs is 1. The predicted molar refractivity (Wildman–Crippen MR) is 136 cm³/mol. The summed E-state index contributed by atoms with van der Waals surface area (Å²) in [6, 6.07) is 14.0. The van der Waals surface area contributed by atoms with Crippen molar-refractivity contribution in [3.05, 3.63) is 65.2 Å². The summed E-state index contributed by atoms with van der Waals surface area (Å²) in [6.45, 7) is 3.92. The van der Waals surface area contributed by atoms with Gasteiger partial charge in [0.15, 0.2) is 0 Å². The number of nitrogens with zero attached hydrogens (tertiary/aromatic N) is 1. The minimum Gasteiger partial charge on any atom is -0.497 e. The Hall–Kier alpha value is -3.88. The molecule has 9 heteroatoms. The van der Waals surface area contributed by atoms with Crippen molar-refractivity contribution in [2.24, 2.45) is 0 Å². The lowest BCUT2D eigenvalue weighted by molar-refractivity contribution is -0.150. The van der Waals surface area contributed by atoms with Crippen LogP contribution in [0.3, 0.4) is 0 Å². The van der Waals surface area contributed by atoms with E-state index in [-0.39, 0.29) is 25.0 Å². The molecule has 0 radical (unpaired) electrons. The molecule has 1 atom stereocenters. The third-order valence-electron chi connectivity index (χ3n) is 6.32. The standard InChI is InChI=1S/C28H34N2O7/c1-4-36-26(33)28(2,29-27(34)37-19-20-13-15-21(35-3)16-14-20)17-9-5-6-10-18-30-24(31)22-11-7-8-12-23(22)25(30)32/h7-8,11-16H,4-6,9-10,17-19H2,1-3H3,(H,29,34)/t28-/m0/s1. The molecule has 1 aliphatic heterocycles. The summed E-state index contributed by atoms with van der Waals surface area (Å²) < 4.78 is 15.6. The molecular weight excluding hydrogens is 476 g/mol. The van der Waals surface area contributed by atoms with Crippen LogP contribution < -0.4 is 10.1 Å².